The molecule has 1 heterocycles. The first kappa shape index (κ1) is 25.3. The van der Waals surface area contributed by atoms with Gasteiger partial charge in [-0.05, 0) is 12.0 Å². The highest BCUT2D eigenvalue weighted by atomic mass is 16.7. The molecule has 0 radical (unpaired) electrons. The molecule has 4 nitrogen and oxygen atoms in total. The Morgan fingerprint density at radius 3 is 2.07 bits per heavy atom. The van der Waals surface area contributed by atoms with Crippen LogP contribution in [0.4, 0.5) is 0 Å². The van der Waals surface area contributed by atoms with E-state index in [0.717, 1.165) is 18.6 Å². The van der Waals surface area contributed by atoms with Crippen molar-refractivity contribution in [2.75, 3.05) is 26.4 Å². The lowest BCUT2D eigenvalue weighted by Gasteiger charge is -2.12. The molecule has 0 bridgehead atoms. The minimum Gasteiger partial charge on any atom is -0.379 e. The van der Waals surface area contributed by atoms with Crippen molar-refractivity contribution >= 4 is 0 Å². The van der Waals surface area contributed by atoms with Crippen LogP contribution in [0.25, 0.3) is 0 Å². The summed E-state index contributed by atoms with van der Waals surface area (Å²) >= 11 is 0. The predicted molar refractivity (Wildman–Crippen MR) is 123 cm³/mol. The molecule has 2 atom stereocenters. The van der Waals surface area contributed by atoms with Crippen molar-refractivity contribution in [1.82, 2.24) is 0 Å². The van der Waals surface area contributed by atoms with E-state index in [1.165, 1.54) is 70.6 Å². The Kier molecular flexibility index (Phi) is 14.9. The van der Waals surface area contributed by atoms with E-state index < -0.39 is 0 Å². The van der Waals surface area contributed by atoms with Gasteiger partial charge < -0.3 is 18.9 Å². The number of rotatable bonds is 19. The molecular weight excluding hydrogens is 376 g/mol. The highest BCUT2D eigenvalue weighted by molar-refractivity contribution is 5.13. The largest absolute Gasteiger partial charge is 0.379 e. The second kappa shape index (κ2) is 17.7. The van der Waals surface area contributed by atoms with Gasteiger partial charge in [-0.3, -0.25) is 0 Å². The summed E-state index contributed by atoms with van der Waals surface area (Å²) in [6.45, 7) is 5.37. The molecule has 4 heteroatoms. The average molecular weight is 421 g/mol. The fourth-order valence-electron chi connectivity index (χ4n) is 3.79. The third-order valence-electron chi connectivity index (χ3n) is 5.62. The van der Waals surface area contributed by atoms with Crippen LogP contribution in [0.1, 0.15) is 89.5 Å². The van der Waals surface area contributed by atoms with Crippen LogP contribution in [0.15, 0.2) is 30.3 Å². The lowest BCUT2D eigenvalue weighted by Crippen LogP contribution is -2.21. The Labute approximate surface area is 184 Å². The molecule has 1 saturated heterocycles. The van der Waals surface area contributed by atoms with Crippen LogP contribution >= 0.6 is 0 Å². The molecule has 1 aromatic carbocycles. The zero-order chi connectivity index (χ0) is 21.1. The summed E-state index contributed by atoms with van der Waals surface area (Å²) < 4.78 is 23.0. The SMILES string of the molecule is CCCCCCCCCCCCCCOCC1COC(COCc2ccccc2)O1. The maximum Gasteiger partial charge on any atom is 0.181 e. The summed E-state index contributed by atoms with van der Waals surface area (Å²) in [5, 5.41) is 0. The molecule has 0 N–H and O–H groups in total. The van der Waals surface area contributed by atoms with Crippen molar-refractivity contribution in [2.45, 2.75) is 103 Å². The van der Waals surface area contributed by atoms with Gasteiger partial charge in [0.15, 0.2) is 6.29 Å². The highest BCUT2D eigenvalue weighted by Gasteiger charge is 2.26. The van der Waals surface area contributed by atoms with Gasteiger partial charge in [0, 0.05) is 6.61 Å². The van der Waals surface area contributed by atoms with E-state index in [9.17, 15) is 0 Å². The molecule has 0 saturated carbocycles. The minimum atomic E-state index is -0.269. The Morgan fingerprint density at radius 1 is 0.767 bits per heavy atom. The molecule has 0 spiro atoms. The van der Waals surface area contributed by atoms with Gasteiger partial charge in [0.1, 0.15) is 6.10 Å². The van der Waals surface area contributed by atoms with E-state index in [4.69, 9.17) is 18.9 Å². The van der Waals surface area contributed by atoms with E-state index in [-0.39, 0.29) is 12.4 Å². The quantitative estimate of drug-likeness (QED) is 0.234. The average Bonchev–Trinajstić information content (AvgIpc) is 3.22. The van der Waals surface area contributed by atoms with Gasteiger partial charge >= 0.3 is 0 Å². The Bertz CT molecular complexity index is 493. The maximum absolute atomic E-state index is 5.84. The monoisotopic (exact) mass is 420 g/mol. The third kappa shape index (κ3) is 12.7. The van der Waals surface area contributed by atoms with Crippen molar-refractivity contribution in [3.63, 3.8) is 0 Å². The molecule has 2 unspecified atom stereocenters. The van der Waals surface area contributed by atoms with Crippen molar-refractivity contribution in [1.29, 1.82) is 0 Å². The highest BCUT2D eigenvalue weighted by Crippen LogP contribution is 2.14. The van der Waals surface area contributed by atoms with Crippen LogP contribution in [0.3, 0.4) is 0 Å². The van der Waals surface area contributed by atoms with Crippen molar-refractivity contribution in [2.24, 2.45) is 0 Å². The Hall–Kier alpha value is -0.940. The lowest BCUT2D eigenvalue weighted by molar-refractivity contribution is -0.115. The smallest absolute Gasteiger partial charge is 0.181 e. The standard InChI is InChI=1S/C26H44O4/c1-2-3-4-5-6-7-8-9-10-11-12-16-19-27-21-25-22-29-26(30-25)23-28-20-24-17-14-13-15-18-24/h13-15,17-18,25-26H,2-12,16,19-23H2,1H3. The van der Waals surface area contributed by atoms with Gasteiger partial charge in [0.2, 0.25) is 0 Å². The molecule has 2 rings (SSSR count). The van der Waals surface area contributed by atoms with Crippen LogP contribution in [-0.4, -0.2) is 38.8 Å². The maximum atomic E-state index is 5.84. The van der Waals surface area contributed by atoms with E-state index in [0.29, 0.717) is 26.4 Å². The van der Waals surface area contributed by atoms with Crippen molar-refractivity contribution < 1.29 is 18.9 Å². The van der Waals surface area contributed by atoms with Crippen molar-refractivity contribution in [3.8, 4) is 0 Å². The molecule has 0 amide bonds. The summed E-state index contributed by atoms with van der Waals surface area (Å²) in [7, 11) is 0. The molecule has 0 aromatic heterocycles. The summed E-state index contributed by atoms with van der Waals surface area (Å²) in [5.74, 6) is 0. The van der Waals surface area contributed by atoms with Gasteiger partial charge in [-0.25, -0.2) is 0 Å². The van der Waals surface area contributed by atoms with E-state index in [1.54, 1.807) is 0 Å². The van der Waals surface area contributed by atoms with E-state index in [1.807, 2.05) is 18.2 Å². The van der Waals surface area contributed by atoms with Crippen molar-refractivity contribution in [3.05, 3.63) is 35.9 Å². The van der Waals surface area contributed by atoms with Crippen LogP contribution in [0.5, 0.6) is 0 Å². The predicted octanol–water partition coefficient (Wildman–Crippen LogP) is 6.66. The fourth-order valence-corrected chi connectivity index (χ4v) is 3.79. The zero-order valence-corrected chi connectivity index (χ0v) is 19.2. The van der Waals surface area contributed by atoms with E-state index >= 15 is 0 Å². The van der Waals surface area contributed by atoms with Crippen LogP contribution < -0.4 is 0 Å². The molecule has 172 valence electrons. The molecule has 1 aromatic rings. The number of hydrogen-bond donors (Lipinski definition) is 0. The molecule has 0 aliphatic carbocycles. The van der Waals surface area contributed by atoms with Gasteiger partial charge in [0.25, 0.3) is 0 Å². The molecular formula is C26H44O4. The zero-order valence-electron chi connectivity index (χ0n) is 19.2. The van der Waals surface area contributed by atoms with Gasteiger partial charge in [-0.1, -0.05) is 108 Å². The van der Waals surface area contributed by atoms with Crippen LogP contribution in [0.2, 0.25) is 0 Å². The van der Waals surface area contributed by atoms with E-state index in [2.05, 4.69) is 19.1 Å². The molecule has 1 aliphatic rings. The molecule has 1 aliphatic heterocycles. The van der Waals surface area contributed by atoms with Gasteiger partial charge in [0.05, 0.1) is 26.4 Å². The molecule has 1 fully saturated rings. The first-order valence-corrected chi connectivity index (χ1v) is 12.3. The van der Waals surface area contributed by atoms with Gasteiger partial charge in [-0.15, -0.1) is 0 Å². The summed E-state index contributed by atoms with van der Waals surface area (Å²) in [5.41, 5.74) is 1.16. The first-order chi connectivity index (χ1) is 14.9. The second-order valence-electron chi connectivity index (χ2n) is 8.49. The Balaban J connectivity index is 1.31. The lowest BCUT2D eigenvalue weighted by atomic mass is 10.1. The third-order valence-corrected chi connectivity index (χ3v) is 5.62. The fraction of sp³-hybridized carbons (Fsp3) is 0.769. The number of hydrogen-bond acceptors (Lipinski definition) is 4. The van der Waals surface area contributed by atoms with Crippen LogP contribution in [-0.2, 0) is 25.6 Å². The second-order valence-corrected chi connectivity index (χ2v) is 8.49. The number of ether oxygens (including phenoxy) is 4. The summed E-state index contributed by atoms with van der Waals surface area (Å²) in [6, 6.07) is 10.2. The molecule has 30 heavy (non-hydrogen) atoms. The normalized spacial score (nSPS) is 18.8. The minimum absolute atomic E-state index is 0.0349. The summed E-state index contributed by atoms with van der Waals surface area (Å²) in [6.07, 6.45) is 16.2. The van der Waals surface area contributed by atoms with Gasteiger partial charge in [-0.2, -0.15) is 0 Å². The van der Waals surface area contributed by atoms with Crippen LogP contribution in [0, 0.1) is 0 Å². The summed E-state index contributed by atoms with van der Waals surface area (Å²) in [4.78, 5) is 0. The Morgan fingerprint density at radius 2 is 1.40 bits per heavy atom. The number of unbranched alkanes of at least 4 members (excludes halogenated alkanes) is 11. The topological polar surface area (TPSA) is 36.9 Å². The number of benzene rings is 1. The first-order valence-electron chi connectivity index (χ1n) is 12.3.